The lowest BCUT2D eigenvalue weighted by molar-refractivity contribution is -0.126. The van der Waals surface area contributed by atoms with Crippen LogP contribution >= 0.6 is 0 Å². The molecule has 1 aliphatic heterocycles. The first-order chi connectivity index (χ1) is 10.3. The highest BCUT2D eigenvalue weighted by Crippen LogP contribution is 2.45. The van der Waals surface area contributed by atoms with Gasteiger partial charge in [-0.1, -0.05) is 37.3 Å². The lowest BCUT2D eigenvalue weighted by Crippen LogP contribution is -2.36. The molecule has 1 N–H and O–H groups in total. The van der Waals surface area contributed by atoms with Crippen LogP contribution in [0.4, 0.5) is 0 Å². The second-order valence-corrected chi connectivity index (χ2v) is 6.15. The SMILES string of the molecule is CCCOCC(=O)NC1[C@H]2CN(Cc3ccccc3)C[C@@H]12. The van der Waals surface area contributed by atoms with Gasteiger partial charge in [-0.15, -0.1) is 0 Å². The highest BCUT2D eigenvalue weighted by atomic mass is 16.5. The van der Waals surface area contributed by atoms with Crippen LogP contribution in [0.15, 0.2) is 30.3 Å². The molecule has 1 unspecified atom stereocenters. The van der Waals surface area contributed by atoms with E-state index in [9.17, 15) is 4.79 Å². The van der Waals surface area contributed by atoms with Crippen LogP contribution in [0.2, 0.25) is 0 Å². The van der Waals surface area contributed by atoms with E-state index in [0.29, 0.717) is 24.5 Å². The van der Waals surface area contributed by atoms with Crippen LogP contribution in [0.3, 0.4) is 0 Å². The Morgan fingerprint density at radius 2 is 2.00 bits per heavy atom. The second-order valence-electron chi connectivity index (χ2n) is 6.15. The summed E-state index contributed by atoms with van der Waals surface area (Å²) < 4.78 is 5.27. The first-order valence-corrected chi connectivity index (χ1v) is 7.91. The topological polar surface area (TPSA) is 41.6 Å². The monoisotopic (exact) mass is 288 g/mol. The molecule has 3 atom stereocenters. The minimum Gasteiger partial charge on any atom is -0.372 e. The van der Waals surface area contributed by atoms with Gasteiger partial charge in [-0.25, -0.2) is 0 Å². The molecule has 1 aromatic carbocycles. The molecule has 114 valence electrons. The first-order valence-electron chi connectivity index (χ1n) is 7.91. The van der Waals surface area contributed by atoms with E-state index in [2.05, 4.69) is 40.5 Å². The highest BCUT2D eigenvalue weighted by Gasteiger charge is 2.56. The molecular formula is C17H24N2O2. The molecule has 2 aliphatic rings. The molecule has 4 nitrogen and oxygen atoms in total. The number of carbonyl (C=O) groups is 1. The fraction of sp³-hybridized carbons (Fsp3) is 0.588. The number of nitrogens with one attached hydrogen (secondary N) is 1. The maximum absolute atomic E-state index is 11.7. The number of piperidine rings is 1. The van der Waals surface area contributed by atoms with E-state index in [1.165, 1.54) is 5.56 Å². The molecule has 2 fully saturated rings. The average molecular weight is 288 g/mol. The van der Waals surface area contributed by atoms with E-state index in [4.69, 9.17) is 4.74 Å². The molecule has 21 heavy (non-hydrogen) atoms. The minimum absolute atomic E-state index is 0.0393. The average Bonchev–Trinajstić information content (AvgIpc) is 2.94. The molecule has 1 amide bonds. The molecule has 0 radical (unpaired) electrons. The van der Waals surface area contributed by atoms with E-state index in [-0.39, 0.29) is 12.5 Å². The quantitative estimate of drug-likeness (QED) is 0.776. The lowest BCUT2D eigenvalue weighted by Gasteiger charge is -2.19. The maximum atomic E-state index is 11.7. The van der Waals surface area contributed by atoms with Crippen LogP contribution in [0.1, 0.15) is 18.9 Å². The predicted molar refractivity (Wildman–Crippen MR) is 81.7 cm³/mol. The van der Waals surface area contributed by atoms with Crippen molar-refractivity contribution in [2.75, 3.05) is 26.3 Å². The number of ether oxygens (including phenoxy) is 1. The van der Waals surface area contributed by atoms with Crippen molar-refractivity contribution in [3.63, 3.8) is 0 Å². The van der Waals surface area contributed by atoms with Gasteiger partial charge in [0.25, 0.3) is 0 Å². The summed E-state index contributed by atoms with van der Waals surface area (Å²) in [6.07, 6.45) is 0.955. The molecule has 1 aliphatic carbocycles. The van der Waals surface area contributed by atoms with Crippen molar-refractivity contribution < 1.29 is 9.53 Å². The molecule has 3 rings (SSSR count). The number of hydrogen-bond acceptors (Lipinski definition) is 3. The zero-order valence-corrected chi connectivity index (χ0v) is 12.6. The highest BCUT2D eigenvalue weighted by molar-refractivity contribution is 5.78. The fourth-order valence-corrected chi connectivity index (χ4v) is 3.34. The number of fused-ring (bicyclic) bond motifs is 1. The molecule has 1 heterocycles. The van der Waals surface area contributed by atoms with Gasteiger partial charge >= 0.3 is 0 Å². The van der Waals surface area contributed by atoms with Gasteiger partial charge < -0.3 is 10.1 Å². The molecule has 0 spiro atoms. The van der Waals surface area contributed by atoms with Crippen LogP contribution in [-0.2, 0) is 16.1 Å². The van der Waals surface area contributed by atoms with Gasteiger partial charge in [0.1, 0.15) is 6.61 Å². The number of likely N-dealkylation sites (tertiary alicyclic amines) is 1. The number of carbonyl (C=O) groups excluding carboxylic acids is 1. The maximum Gasteiger partial charge on any atom is 0.246 e. The van der Waals surface area contributed by atoms with Crippen molar-refractivity contribution >= 4 is 5.91 Å². The minimum atomic E-state index is 0.0393. The van der Waals surface area contributed by atoms with Crippen molar-refractivity contribution in [1.82, 2.24) is 10.2 Å². The molecule has 1 saturated heterocycles. The first kappa shape index (κ1) is 14.5. The van der Waals surface area contributed by atoms with E-state index in [0.717, 1.165) is 26.1 Å². The third-order valence-corrected chi connectivity index (χ3v) is 4.43. The van der Waals surface area contributed by atoms with Crippen molar-refractivity contribution in [1.29, 1.82) is 0 Å². The van der Waals surface area contributed by atoms with Crippen LogP contribution in [0.25, 0.3) is 0 Å². The van der Waals surface area contributed by atoms with E-state index < -0.39 is 0 Å². The van der Waals surface area contributed by atoms with Crippen LogP contribution < -0.4 is 5.32 Å². The molecular weight excluding hydrogens is 264 g/mol. The third-order valence-electron chi connectivity index (χ3n) is 4.43. The Hall–Kier alpha value is -1.39. The van der Waals surface area contributed by atoms with Gasteiger partial charge in [-0.3, -0.25) is 9.69 Å². The Morgan fingerprint density at radius 3 is 2.67 bits per heavy atom. The van der Waals surface area contributed by atoms with Crippen LogP contribution in [-0.4, -0.2) is 43.2 Å². The number of hydrogen-bond donors (Lipinski definition) is 1. The standard InChI is InChI=1S/C17H24N2O2/c1-2-8-21-12-16(20)18-17-14-10-19(11-15(14)17)9-13-6-4-3-5-7-13/h3-7,14-15,17H,2,8-12H2,1H3,(H,18,20)/t14-,15+,17?. The van der Waals surface area contributed by atoms with Gasteiger partial charge in [0, 0.05) is 32.3 Å². The van der Waals surface area contributed by atoms with Crippen molar-refractivity contribution in [3.8, 4) is 0 Å². The summed E-state index contributed by atoms with van der Waals surface area (Å²) in [6, 6.07) is 11.0. The van der Waals surface area contributed by atoms with Gasteiger partial charge in [0.05, 0.1) is 0 Å². The molecule has 1 saturated carbocycles. The summed E-state index contributed by atoms with van der Waals surface area (Å²) in [7, 11) is 0. The fourth-order valence-electron chi connectivity index (χ4n) is 3.34. The predicted octanol–water partition coefficient (Wildman–Crippen LogP) is 1.66. The Morgan fingerprint density at radius 1 is 1.29 bits per heavy atom. The molecule has 0 aromatic heterocycles. The Bertz CT molecular complexity index is 465. The van der Waals surface area contributed by atoms with Crippen molar-refractivity contribution in [2.24, 2.45) is 11.8 Å². The molecule has 0 bridgehead atoms. The number of nitrogens with zero attached hydrogens (tertiary/aromatic N) is 1. The van der Waals surface area contributed by atoms with Crippen molar-refractivity contribution in [2.45, 2.75) is 25.9 Å². The smallest absolute Gasteiger partial charge is 0.246 e. The van der Waals surface area contributed by atoms with Gasteiger partial charge in [0.15, 0.2) is 0 Å². The summed E-state index contributed by atoms with van der Waals surface area (Å²) in [5.74, 6) is 1.32. The van der Waals surface area contributed by atoms with Gasteiger partial charge in [-0.05, 0) is 23.8 Å². The Kier molecular flexibility index (Phi) is 4.56. The van der Waals surface area contributed by atoms with Crippen LogP contribution in [0, 0.1) is 11.8 Å². The number of amides is 1. The summed E-state index contributed by atoms with van der Waals surface area (Å²) in [4.78, 5) is 14.2. The third kappa shape index (κ3) is 3.63. The number of rotatable bonds is 7. The summed E-state index contributed by atoms with van der Waals surface area (Å²) in [6.45, 7) is 6.13. The van der Waals surface area contributed by atoms with Gasteiger partial charge in [0.2, 0.25) is 5.91 Å². The second kappa shape index (κ2) is 6.58. The van der Waals surface area contributed by atoms with Crippen LogP contribution in [0.5, 0.6) is 0 Å². The van der Waals surface area contributed by atoms with Gasteiger partial charge in [-0.2, -0.15) is 0 Å². The normalized spacial score (nSPS) is 27.4. The summed E-state index contributed by atoms with van der Waals surface area (Å²) >= 11 is 0. The zero-order valence-electron chi connectivity index (χ0n) is 12.6. The summed E-state index contributed by atoms with van der Waals surface area (Å²) in [5, 5.41) is 3.11. The van der Waals surface area contributed by atoms with E-state index in [1.807, 2.05) is 6.92 Å². The largest absolute Gasteiger partial charge is 0.372 e. The van der Waals surface area contributed by atoms with Crippen molar-refractivity contribution in [3.05, 3.63) is 35.9 Å². The summed E-state index contributed by atoms with van der Waals surface area (Å²) in [5.41, 5.74) is 1.37. The number of benzene rings is 1. The Labute approximate surface area is 126 Å². The molecule has 4 heteroatoms. The van der Waals surface area contributed by atoms with E-state index >= 15 is 0 Å². The zero-order chi connectivity index (χ0) is 14.7. The molecule has 1 aromatic rings. The Balaban J connectivity index is 1.37. The van der Waals surface area contributed by atoms with E-state index in [1.54, 1.807) is 0 Å². The lowest BCUT2D eigenvalue weighted by atomic mass is 10.2.